The molecule has 2 rings (SSSR count). The first-order valence-electron chi connectivity index (χ1n) is 4.25. The third-order valence-corrected chi connectivity index (χ3v) is 1.88. The summed E-state index contributed by atoms with van der Waals surface area (Å²) in [7, 11) is 0. The Kier molecular flexibility index (Phi) is 2.16. The minimum Gasteiger partial charge on any atom is -0.367 e. The van der Waals surface area contributed by atoms with E-state index in [1.807, 2.05) is 31.5 Å². The quantitative estimate of drug-likeness (QED) is 0.487. The van der Waals surface area contributed by atoms with Gasteiger partial charge in [-0.05, 0) is 19.1 Å². The lowest BCUT2D eigenvalue weighted by Crippen LogP contribution is -2.11. The lowest BCUT2D eigenvalue weighted by atomic mass is 10.2. The van der Waals surface area contributed by atoms with Crippen LogP contribution in [-0.4, -0.2) is 15.0 Å². The molecule has 5 nitrogen and oxygen atoms in total. The third-order valence-electron chi connectivity index (χ3n) is 1.88. The lowest BCUT2D eigenvalue weighted by Gasteiger charge is -2.02. The van der Waals surface area contributed by atoms with Crippen LogP contribution in [0.5, 0.6) is 0 Å². The first kappa shape index (κ1) is 8.71. The molecule has 0 unspecified atom stereocenters. The molecule has 5 heteroatoms. The highest BCUT2D eigenvalue weighted by atomic mass is 15.3. The molecule has 0 aromatic carbocycles. The Morgan fingerprint density at radius 1 is 1.43 bits per heavy atom. The summed E-state index contributed by atoms with van der Waals surface area (Å²) in [6.07, 6.45) is 3.73. The highest BCUT2D eigenvalue weighted by Gasteiger charge is 2.03. The van der Waals surface area contributed by atoms with E-state index >= 15 is 0 Å². The molecule has 0 aliphatic carbocycles. The van der Waals surface area contributed by atoms with Crippen LogP contribution in [0.25, 0.3) is 11.3 Å². The summed E-state index contributed by atoms with van der Waals surface area (Å²) in [6.45, 7) is 1.90. The maximum absolute atomic E-state index is 5.26. The minimum absolute atomic E-state index is 0.432. The molecule has 0 saturated heterocycles. The van der Waals surface area contributed by atoms with Gasteiger partial charge in [0, 0.05) is 23.7 Å². The van der Waals surface area contributed by atoms with Gasteiger partial charge < -0.3 is 4.98 Å². The van der Waals surface area contributed by atoms with E-state index in [1.165, 1.54) is 0 Å². The molecule has 72 valence electrons. The molecule has 0 aliphatic heterocycles. The van der Waals surface area contributed by atoms with Crippen LogP contribution in [0.3, 0.4) is 0 Å². The summed E-state index contributed by atoms with van der Waals surface area (Å²) < 4.78 is 0. The number of hydrogen-bond donors (Lipinski definition) is 3. The first-order chi connectivity index (χ1) is 6.79. The van der Waals surface area contributed by atoms with Crippen LogP contribution in [0, 0.1) is 6.92 Å². The van der Waals surface area contributed by atoms with Gasteiger partial charge in [0.15, 0.2) is 0 Å². The van der Waals surface area contributed by atoms with E-state index in [4.69, 9.17) is 5.84 Å². The molecule has 0 atom stereocenters. The number of nitrogens with one attached hydrogen (secondary N) is 2. The van der Waals surface area contributed by atoms with Crippen LogP contribution in [0.2, 0.25) is 0 Å². The molecule has 4 N–H and O–H groups in total. The van der Waals surface area contributed by atoms with Gasteiger partial charge in [-0.1, -0.05) is 0 Å². The van der Waals surface area contributed by atoms with E-state index in [0.717, 1.165) is 17.0 Å². The molecule has 0 amide bonds. The van der Waals surface area contributed by atoms with Gasteiger partial charge in [-0.15, -0.1) is 0 Å². The number of nitrogen functional groups attached to an aromatic ring is 1. The average Bonchev–Trinajstić information content (AvgIpc) is 2.69. The fourth-order valence-electron chi connectivity index (χ4n) is 1.26. The van der Waals surface area contributed by atoms with Crippen molar-refractivity contribution in [2.24, 2.45) is 5.84 Å². The van der Waals surface area contributed by atoms with E-state index in [2.05, 4.69) is 20.4 Å². The van der Waals surface area contributed by atoms with Crippen molar-refractivity contribution >= 4 is 5.95 Å². The van der Waals surface area contributed by atoms with E-state index < -0.39 is 0 Å². The maximum atomic E-state index is 5.26. The molecule has 2 aromatic rings. The number of nitrogens with zero attached hydrogens (tertiary/aromatic N) is 2. The SMILES string of the molecule is Cc1cc(-c2cc[nH]c2)nc(NN)n1. The Morgan fingerprint density at radius 2 is 2.29 bits per heavy atom. The number of H-pyrrole nitrogens is 1. The van der Waals surface area contributed by atoms with Crippen LogP contribution in [0.15, 0.2) is 24.5 Å². The number of hydrogen-bond acceptors (Lipinski definition) is 4. The first-order valence-corrected chi connectivity index (χ1v) is 4.25. The number of aryl methyl sites for hydroxylation is 1. The zero-order valence-corrected chi connectivity index (χ0v) is 7.78. The van der Waals surface area contributed by atoms with Crippen molar-refractivity contribution in [1.82, 2.24) is 15.0 Å². The third kappa shape index (κ3) is 1.57. The summed E-state index contributed by atoms with van der Waals surface area (Å²) in [5.74, 6) is 5.69. The second kappa shape index (κ2) is 3.47. The number of hydrazine groups is 1. The van der Waals surface area contributed by atoms with Crippen LogP contribution >= 0.6 is 0 Å². The average molecular weight is 189 g/mol. The number of anilines is 1. The topological polar surface area (TPSA) is 79.6 Å². The number of aromatic amines is 1. The van der Waals surface area contributed by atoms with Gasteiger partial charge in [0.05, 0.1) is 5.69 Å². The van der Waals surface area contributed by atoms with Gasteiger partial charge in [-0.2, -0.15) is 0 Å². The van der Waals surface area contributed by atoms with E-state index in [0.29, 0.717) is 5.95 Å². The summed E-state index contributed by atoms with van der Waals surface area (Å²) in [6, 6.07) is 3.85. The smallest absolute Gasteiger partial charge is 0.237 e. The Bertz CT molecular complexity index is 421. The summed E-state index contributed by atoms with van der Waals surface area (Å²) >= 11 is 0. The fraction of sp³-hybridized carbons (Fsp3) is 0.111. The highest BCUT2D eigenvalue weighted by molar-refractivity contribution is 5.59. The molecule has 0 spiro atoms. The molecule has 0 radical (unpaired) electrons. The van der Waals surface area contributed by atoms with Crippen molar-refractivity contribution in [2.75, 3.05) is 5.43 Å². The summed E-state index contributed by atoms with van der Waals surface area (Å²) in [5, 5.41) is 0. The molecule has 0 aliphatic rings. The number of nitrogens with two attached hydrogens (primary N) is 1. The molecule has 14 heavy (non-hydrogen) atoms. The van der Waals surface area contributed by atoms with E-state index in [9.17, 15) is 0 Å². The highest BCUT2D eigenvalue weighted by Crippen LogP contribution is 2.17. The largest absolute Gasteiger partial charge is 0.367 e. The Balaban J connectivity index is 2.48. The Hall–Kier alpha value is -1.88. The van der Waals surface area contributed by atoms with Crippen LogP contribution in [0.1, 0.15) is 5.69 Å². The molecule has 0 fully saturated rings. The second-order valence-corrected chi connectivity index (χ2v) is 2.96. The lowest BCUT2D eigenvalue weighted by molar-refractivity contribution is 1.08. The Morgan fingerprint density at radius 3 is 2.93 bits per heavy atom. The second-order valence-electron chi connectivity index (χ2n) is 2.96. The van der Waals surface area contributed by atoms with Gasteiger partial charge in [0.25, 0.3) is 0 Å². The molecule has 0 bridgehead atoms. The zero-order valence-electron chi connectivity index (χ0n) is 7.78. The van der Waals surface area contributed by atoms with Gasteiger partial charge in [0.1, 0.15) is 0 Å². The molecule has 2 heterocycles. The van der Waals surface area contributed by atoms with Crippen molar-refractivity contribution in [1.29, 1.82) is 0 Å². The molecule has 2 aromatic heterocycles. The van der Waals surface area contributed by atoms with Crippen molar-refractivity contribution in [3.63, 3.8) is 0 Å². The normalized spacial score (nSPS) is 10.1. The predicted molar refractivity (Wildman–Crippen MR) is 54.4 cm³/mol. The Labute approximate surface area is 81.4 Å². The van der Waals surface area contributed by atoms with Gasteiger partial charge in [0.2, 0.25) is 5.95 Å². The maximum Gasteiger partial charge on any atom is 0.237 e. The van der Waals surface area contributed by atoms with Crippen LogP contribution in [0.4, 0.5) is 5.95 Å². The predicted octanol–water partition coefficient (Wildman–Crippen LogP) is 1.07. The van der Waals surface area contributed by atoms with Gasteiger partial charge >= 0.3 is 0 Å². The van der Waals surface area contributed by atoms with Crippen molar-refractivity contribution in [3.8, 4) is 11.3 Å². The minimum atomic E-state index is 0.432. The monoisotopic (exact) mass is 189 g/mol. The van der Waals surface area contributed by atoms with Gasteiger partial charge in [-0.25, -0.2) is 15.8 Å². The molecular weight excluding hydrogens is 178 g/mol. The molecular formula is C9H11N5. The van der Waals surface area contributed by atoms with Crippen molar-refractivity contribution < 1.29 is 0 Å². The van der Waals surface area contributed by atoms with Gasteiger partial charge in [-0.3, -0.25) is 5.43 Å². The zero-order chi connectivity index (χ0) is 9.97. The standard InChI is InChI=1S/C9H11N5/c1-6-4-8(7-2-3-11-5-7)13-9(12-6)14-10/h2-5,11H,10H2,1H3,(H,12,13,14). The fourth-order valence-corrected chi connectivity index (χ4v) is 1.26. The summed E-state index contributed by atoms with van der Waals surface area (Å²) in [5.41, 5.74) is 5.19. The number of aromatic nitrogens is 3. The number of rotatable bonds is 2. The van der Waals surface area contributed by atoms with E-state index in [-0.39, 0.29) is 0 Å². The van der Waals surface area contributed by atoms with Crippen molar-refractivity contribution in [3.05, 3.63) is 30.2 Å². The summed E-state index contributed by atoms with van der Waals surface area (Å²) in [4.78, 5) is 11.3. The molecule has 0 saturated carbocycles. The van der Waals surface area contributed by atoms with Crippen molar-refractivity contribution in [2.45, 2.75) is 6.92 Å². The van der Waals surface area contributed by atoms with Crippen LogP contribution < -0.4 is 11.3 Å². The van der Waals surface area contributed by atoms with Crippen LogP contribution in [-0.2, 0) is 0 Å². The van der Waals surface area contributed by atoms with E-state index in [1.54, 1.807) is 0 Å².